The van der Waals surface area contributed by atoms with Crippen molar-refractivity contribution in [2.45, 2.75) is 25.7 Å². The van der Waals surface area contributed by atoms with E-state index in [2.05, 4.69) is 10.1 Å². The molecular weight excluding hydrogens is 282 g/mol. The van der Waals surface area contributed by atoms with Crippen LogP contribution in [0, 0.1) is 0 Å². The zero-order chi connectivity index (χ0) is 15.5. The van der Waals surface area contributed by atoms with Crippen molar-refractivity contribution in [2.24, 2.45) is 0 Å². The number of nitrogens with zero attached hydrogens (tertiary/aromatic N) is 3. The topological polar surface area (TPSA) is 68.5 Å². The van der Waals surface area contributed by atoms with E-state index in [1.807, 2.05) is 36.1 Å². The Kier molecular flexibility index (Phi) is 4.09. The average molecular weight is 301 g/mol. The lowest BCUT2D eigenvalue weighted by molar-refractivity contribution is -0.127. The number of hydrogen-bond acceptors (Lipinski definition) is 5. The second-order valence-corrected chi connectivity index (χ2v) is 5.41. The molecule has 0 radical (unpaired) electrons. The lowest BCUT2D eigenvalue weighted by Crippen LogP contribution is -2.24. The summed E-state index contributed by atoms with van der Waals surface area (Å²) < 4.78 is 10.5. The SMILES string of the molecule is CCN1C[C@H](c2nc(Cc3ccc(OC)cc3)no2)CC1=O. The van der Waals surface area contributed by atoms with Crippen molar-refractivity contribution < 1.29 is 14.1 Å². The highest BCUT2D eigenvalue weighted by atomic mass is 16.5. The highest BCUT2D eigenvalue weighted by Crippen LogP contribution is 2.27. The smallest absolute Gasteiger partial charge is 0.232 e. The van der Waals surface area contributed by atoms with E-state index in [0.717, 1.165) is 17.9 Å². The molecule has 2 aromatic rings. The third-order valence-corrected chi connectivity index (χ3v) is 3.95. The Morgan fingerprint density at radius 1 is 1.36 bits per heavy atom. The Labute approximate surface area is 129 Å². The summed E-state index contributed by atoms with van der Waals surface area (Å²) in [4.78, 5) is 18.0. The van der Waals surface area contributed by atoms with Gasteiger partial charge in [0.25, 0.3) is 0 Å². The van der Waals surface area contributed by atoms with Crippen molar-refractivity contribution >= 4 is 5.91 Å². The first kappa shape index (κ1) is 14.6. The van der Waals surface area contributed by atoms with Gasteiger partial charge in [-0.1, -0.05) is 17.3 Å². The van der Waals surface area contributed by atoms with Crippen molar-refractivity contribution in [1.29, 1.82) is 0 Å². The number of methoxy groups -OCH3 is 1. The summed E-state index contributed by atoms with van der Waals surface area (Å²) in [5.74, 6) is 2.20. The number of benzene rings is 1. The number of likely N-dealkylation sites (tertiary alicyclic amines) is 1. The minimum Gasteiger partial charge on any atom is -0.497 e. The first-order valence-corrected chi connectivity index (χ1v) is 7.42. The lowest BCUT2D eigenvalue weighted by atomic mass is 10.1. The molecule has 0 N–H and O–H groups in total. The molecular formula is C16H19N3O3. The molecule has 2 heterocycles. The van der Waals surface area contributed by atoms with Gasteiger partial charge in [0.15, 0.2) is 5.82 Å². The number of carbonyl (C=O) groups excluding carboxylic acids is 1. The molecule has 1 fully saturated rings. The van der Waals surface area contributed by atoms with Crippen LogP contribution in [0.4, 0.5) is 0 Å². The molecule has 1 saturated heterocycles. The fourth-order valence-corrected chi connectivity index (χ4v) is 2.67. The summed E-state index contributed by atoms with van der Waals surface area (Å²) in [6.07, 6.45) is 1.06. The van der Waals surface area contributed by atoms with E-state index in [9.17, 15) is 4.79 Å². The predicted octanol–water partition coefficient (Wildman–Crippen LogP) is 2.00. The Hall–Kier alpha value is -2.37. The maximum absolute atomic E-state index is 11.8. The summed E-state index contributed by atoms with van der Waals surface area (Å²) >= 11 is 0. The zero-order valence-corrected chi connectivity index (χ0v) is 12.8. The lowest BCUT2D eigenvalue weighted by Gasteiger charge is -2.11. The van der Waals surface area contributed by atoms with Gasteiger partial charge in [0, 0.05) is 25.9 Å². The molecule has 3 rings (SSSR count). The number of amides is 1. The highest BCUT2D eigenvalue weighted by Gasteiger charge is 2.33. The quantitative estimate of drug-likeness (QED) is 0.845. The van der Waals surface area contributed by atoms with E-state index in [-0.39, 0.29) is 11.8 Å². The van der Waals surface area contributed by atoms with Crippen molar-refractivity contribution in [1.82, 2.24) is 15.0 Å². The Morgan fingerprint density at radius 3 is 2.77 bits per heavy atom. The number of ether oxygens (including phenoxy) is 1. The Bertz CT molecular complexity index is 651. The van der Waals surface area contributed by atoms with E-state index in [0.29, 0.717) is 31.1 Å². The van der Waals surface area contributed by atoms with Gasteiger partial charge in [-0.3, -0.25) is 4.79 Å². The van der Waals surface area contributed by atoms with Gasteiger partial charge in [0.05, 0.1) is 13.0 Å². The molecule has 6 nitrogen and oxygen atoms in total. The van der Waals surface area contributed by atoms with Gasteiger partial charge in [-0.15, -0.1) is 0 Å². The molecule has 116 valence electrons. The minimum absolute atomic E-state index is 0.0181. The zero-order valence-electron chi connectivity index (χ0n) is 12.8. The average Bonchev–Trinajstić information content (AvgIpc) is 3.14. The number of likely N-dealkylation sites (N-methyl/N-ethyl adjacent to an activating group) is 1. The van der Waals surface area contributed by atoms with E-state index in [1.54, 1.807) is 7.11 Å². The molecule has 1 aliphatic heterocycles. The maximum Gasteiger partial charge on any atom is 0.232 e. The number of rotatable bonds is 5. The fourth-order valence-electron chi connectivity index (χ4n) is 2.67. The van der Waals surface area contributed by atoms with Gasteiger partial charge in [0.2, 0.25) is 11.8 Å². The summed E-state index contributed by atoms with van der Waals surface area (Å²) in [5, 5.41) is 4.03. The summed E-state index contributed by atoms with van der Waals surface area (Å²) in [6, 6.07) is 7.77. The van der Waals surface area contributed by atoms with Crippen LogP contribution in [0.25, 0.3) is 0 Å². The van der Waals surface area contributed by atoms with Crippen molar-refractivity contribution in [3.63, 3.8) is 0 Å². The van der Waals surface area contributed by atoms with E-state index in [1.165, 1.54) is 0 Å². The molecule has 1 aromatic heterocycles. The normalized spacial score (nSPS) is 18.0. The molecule has 1 aliphatic rings. The van der Waals surface area contributed by atoms with Crippen LogP contribution in [-0.4, -0.2) is 41.1 Å². The van der Waals surface area contributed by atoms with Crippen molar-refractivity contribution in [3.8, 4) is 5.75 Å². The van der Waals surface area contributed by atoms with Crippen molar-refractivity contribution in [3.05, 3.63) is 41.5 Å². The molecule has 0 unspecified atom stereocenters. The van der Waals surface area contributed by atoms with Gasteiger partial charge in [-0.05, 0) is 24.6 Å². The number of aromatic nitrogens is 2. The standard InChI is InChI=1S/C16H19N3O3/c1-3-19-10-12(9-15(19)20)16-17-14(18-22-16)8-11-4-6-13(21-2)7-5-11/h4-7,12H,3,8-10H2,1-2H3/t12-/m1/s1. The van der Waals surface area contributed by atoms with Crippen LogP contribution in [0.1, 0.15) is 36.5 Å². The van der Waals surface area contributed by atoms with E-state index < -0.39 is 0 Å². The largest absolute Gasteiger partial charge is 0.497 e. The van der Waals surface area contributed by atoms with Crippen LogP contribution in [0.15, 0.2) is 28.8 Å². The molecule has 22 heavy (non-hydrogen) atoms. The maximum atomic E-state index is 11.8. The summed E-state index contributed by atoms with van der Waals surface area (Å²) in [5.41, 5.74) is 1.09. The van der Waals surface area contributed by atoms with Crippen molar-refractivity contribution in [2.75, 3.05) is 20.2 Å². The minimum atomic E-state index is 0.0181. The number of hydrogen-bond donors (Lipinski definition) is 0. The van der Waals surface area contributed by atoms with Crippen LogP contribution in [0.3, 0.4) is 0 Å². The molecule has 0 saturated carbocycles. The molecule has 0 aliphatic carbocycles. The van der Waals surface area contributed by atoms with Crippen LogP contribution in [-0.2, 0) is 11.2 Å². The summed E-state index contributed by atoms with van der Waals surface area (Å²) in [7, 11) is 1.64. The molecule has 0 bridgehead atoms. The highest BCUT2D eigenvalue weighted by molar-refractivity contribution is 5.79. The van der Waals surface area contributed by atoms with Crippen LogP contribution in [0.5, 0.6) is 5.75 Å². The van der Waals surface area contributed by atoms with Crippen LogP contribution in [0.2, 0.25) is 0 Å². The second kappa shape index (κ2) is 6.17. The van der Waals surface area contributed by atoms with Crippen LogP contribution >= 0.6 is 0 Å². The Morgan fingerprint density at radius 2 is 2.14 bits per heavy atom. The van der Waals surface area contributed by atoms with E-state index in [4.69, 9.17) is 9.26 Å². The van der Waals surface area contributed by atoms with Gasteiger partial charge >= 0.3 is 0 Å². The molecule has 1 atom stereocenters. The fraction of sp³-hybridized carbons (Fsp3) is 0.438. The molecule has 1 aromatic carbocycles. The molecule has 0 spiro atoms. The second-order valence-electron chi connectivity index (χ2n) is 5.41. The molecule has 6 heteroatoms. The third kappa shape index (κ3) is 2.95. The van der Waals surface area contributed by atoms with Gasteiger partial charge in [-0.25, -0.2) is 0 Å². The van der Waals surface area contributed by atoms with Gasteiger partial charge in [0.1, 0.15) is 5.75 Å². The van der Waals surface area contributed by atoms with Gasteiger partial charge < -0.3 is 14.2 Å². The summed E-state index contributed by atoms with van der Waals surface area (Å²) in [6.45, 7) is 3.37. The number of carbonyl (C=O) groups is 1. The predicted molar refractivity (Wildman–Crippen MR) is 79.7 cm³/mol. The first-order chi connectivity index (χ1) is 10.7. The van der Waals surface area contributed by atoms with E-state index >= 15 is 0 Å². The third-order valence-electron chi connectivity index (χ3n) is 3.95. The Balaban J connectivity index is 1.67. The molecule has 1 amide bonds. The van der Waals surface area contributed by atoms with Crippen LogP contribution < -0.4 is 4.74 Å². The monoisotopic (exact) mass is 301 g/mol. The van der Waals surface area contributed by atoms with Gasteiger partial charge in [-0.2, -0.15) is 4.98 Å². The first-order valence-electron chi connectivity index (χ1n) is 7.42.